The SMILES string of the molecule is Cc1ccc(NC(=O)NC(C(=O)O)C2CC2)cn1. The van der Waals surface area contributed by atoms with Crippen LogP contribution in [0.3, 0.4) is 0 Å². The Kier molecular flexibility index (Phi) is 3.45. The molecule has 1 heterocycles. The summed E-state index contributed by atoms with van der Waals surface area (Å²) in [4.78, 5) is 26.6. The molecule has 0 aliphatic heterocycles. The number of anilines is 1. The minimum atomic E-state index is -0.991. The Morgan fingerprint density at radius 3 is 2.67 bits per heavy atom. The summed E-state index contributed by atoms with van der Waals surface area (Å²) in [5, 5.41) is 14.0. The van der Waals surface area contributed by atoms with E-state index >= 15 is 0 Å². The number of hydrogen-bond acceptors (Lipinski definition) is 3. The lowest BCUT2D eigenvalue weighted by atomic mass is 10.2. The van der Waals surface area contributed by atoms with Gasteiger partial charge in [0.05, 0.1) is 11.9 Å². The van der Waals surface area contributed by atoms with E-state index in [9.17, 15) is 9.59 Å². The number of carboxylic acids is 1. The fourth-order valence-electron chi connectivity index (χ4n) is 1.66. The van der Waals surface area contributed by atoms with Gasteiger partial charge in [0.2, 0.25) is 0 Å². The van der Waals surface area contributed by atoms with Crippen LogP contribution in [-0.4, -0.2) is 28.1 Å². The molecule has 1 aromatic heterocycles. The molecular weight excluding hydrogens is 234 g/mol. The molecule has 96 valence electrons. The van der Waals surface area contributed by atoms with Crippen molar-refractivity contribution >= 4 is 17.7 Å². The van der Waals surface area contributed by atoms with Crippen LogP contribution in [0.15, 0.2) is 18.3 Å². The molecule has 1 fully saturated rings. The number of nitrogens with one attached hydrogen (secondary N) is 2. The number of aliphatic carboxylic acids is 1. The molecule has 1 aromatic rings. The number of urea groups is 1. The van der Waals surface area contributed by atoms with Crippen LogP contribution in [0.1, 0.15) is 18.5 Å². The number of aryl methyl sites for hydroxylation is 1. The number of pyridine rings is 1. The third-order valence-corrected chi connectivity index (χ3v) is 2.82. The van der Waals surface area contributed by atoms with Crippen molar-refractivity contribution in [3.05, 3.63) is 24.0 Å². The molecule has 1 unspecified atom stereocenters. The minimum Gasteiger partial charge on any atom is -0.480 e. The zero-order valence-electron chi connectivity index (χ0n) is 10.0. The Balaban J connectivity index is 1.91. The minimum absolute atomic E-state index is 0.0596. The van der Waals surface area contributed by atoms with Gasteiger partial charge in [-0.25, -0.2) is 9.59 Å². The lowest BCUT2D eigenvalue weighted by Crippen LogP contribution is -2.44. The molecular formula is C12H15N3O3. The highest BCUT2D eigenvalue weighted by atomic mass is 16.4. The van der Waals surface area contributed by atoms with Crippen LogP contribution in [0.5, 0.6) is 0 Å². The quantitative estimate of drug-likeness (QED) is 0.751. The van der Waals surface area contributed by atoms with Gasteiger partial charge >= 0.3 is 12.0 Å². The van der Waals surface area contributed by atoms with Crippen molar-refractivity contribution in [1.82, 2.24) is 10.3 Å². The van der Waals surface area contributed by atoms with Crippen molar-refractivity contribution < 1.29 is 14.7 Å². The van der Waals surface area contributed by atoms with Crippen molar-refractivity contribution in [2.45, 2.75) is 25.8 Å². The molecule has 0 spiro atoms. The monoisotopic (exact) mass is 249 g/mol. The van der Waals surface area contributed by atoms with Crippen LogP contribution in [0.2, 0.25) is 0 Å². The molecule has 0 aromatic carbocycles. The summed E-state index contributed by atoms with van der Waals surface area (Å²) < 4.78 is 0. The van der Waals surface area contributed by atoms with Gasteiger partial charge in [0, 0.05) is 5.69 Å². The first-order chi connectivity index (χ1) is 8.56. The van der Waals surface area contributed by atoms with Gasteiger partial charge in [-0.05, 0) is 37.8 Å². The first kappa shape index (κ1) is 12.3. The van der Waals surface area contributed by atoms with E-state index in [4.69, 9.17) is 5.11 Å². The third kappa shape index (κ3) is 3.19. The molecule has 0 bridgehead atoms. The van der Waals surface area contributed by atoms with E-state index in [2.05, 4.69) is 15.6 Å². The Hall–Kier alpha value is -2.11. The van der Waals surface area contributed by atoms with Gasteiger partial charge in [0.25, 0.3) is 0 Å². The molecule has 2 rings (SSSR count). The lowest BCUT2D eigenvalue weighted by Gasteiger charge is -2.14. The second-order valence-corrected chi connectivity index (χ2v) is 4.44. The van der Waals surface area contributed by atoms with E-state index in [-0.39, 0.29) is 5.92 Å². The molecule has 0 radical (unpaired) electrons. The average molecular weight is 249 g/mol. The zero-order valence-corrected chi connectivity index (χ0v) is 10.0. The van der Waals surface area contributed by atoms with Gasteiger partial charge in [-0.15, -0.1) is 0 Å². The lowest BCUT2D eigenvalue weighted by molar-refractivity contribution is -0.139. The van der Waals surface area contributed by atoms with Crippen LogP contribution in [-0.2, 0) is 4.79 Å². The number of aromatic nitrogens is 1. The molecule has 1 aliphatic carbocycles. The Morgan fingerprint density at radius 2 is 2.17 bits per heavy atom. The number of nitrogens with zero attached hydrogens (tertiary/aromatic N) is 1. The van der Waals surface area contributed by atoms with Crippen LogP contribution in [0, 0.1) is 12.8 Å². The summed E-state index contributed by atoms with van der Waals surface area (Å²) in [7, 11) is 0. The second-order valence-electron chi connectivity index (χ2n) is 4.44. The van der Waals surface area contributed by atoms with Gasteiger partial charge in [0.1, 0.15) is 6.04 Å². The van der Waals surface area contributed by atoms with Crippen molar-refractivity contribution in [3.8, 4) is 0 Å². The summed E-state index contributed by atoms with van der Waals surface area (Å²) in [6, 6.07) is 2.17. The maximum absolute atomic E-state index is 11.6. The highest BCUT2D eigenvalue weighted by Crippen LogP contribution is 2.32. The zero-order chi connectivity index (χ0) is 13.1. The van der Waals surface area contributed by atoms with Crippen LogP contribution >= 0.6 is 0 Å². The van der Waals surface area contributed by atoms with Crippen molar-refractivity contribution in [1.29, 1.82) is 0 Å². The number of carbonyl (C=O) groups excluding carboxylic acids is 1. The van der Waals surface area contributed by atoms with E-state index in [0.29, 0.717) is 5.69 Å². The number of rotatable bonds is 4. The van der Waals surface area contributed by atoms with E-state index in [1.807, 2.05) is 6.92 Å². The predicted molar refractivity (Wildman–Crippen MR) is 65.3 cm³/mol. The van der Waals surface area contributed by atoms with E-state index < -0.39 is 18.0 Å². The van der Waals surface area contributed by atoms with Gasteiger partial charge in [0.15, 0.2) is 0 Å². The number of amides is 2. The largest absolute Gasteiger partial charge is 0.480 e. The molecule has 6 heteroatoms. The number of carbonyl (C=O) groups is 2. The highest BCUT2D eigenvalue weighted by molar-refractivity contribution is 5.92. The van der Waals surface area contributed by atoms with Crippen LogP contribution in [0.4, 0.5) is 10.5 Å². The van der Waals surface area contributed by atoms with Crippen LogP contribution < -0.4 is 10.6 Å². The van der Waals surface area contributed by atoms with E-state index in [1.165, 1.54) is 6.20 Å². The van der Waals surface area contributed by atoms with Crippen LogP contribution in [0.25, 0.3) is 0 Å². The molecule has 18 heavy (non-hydrogen) atoms. The molecule has 3 N–H and O–H groups in total. The summed E-state index contributed by atoms with van der Waals surface area (Å²) >= 11 is 0. The Morgan fingerprint density at radius 1 is 1.44 bits per heavy atom. The molecule has 0 saturated heterocycles. The second kappa shape index (κ2) is 5.03. The number of carboxylic acid groups (broad SMARTS) is 1. The summed E-state index contributed by atoms with van der Waals surface area (Å²) in [6.07, 6.45) is 3.23. The normalized spacial score (nSPS) is 15.8. The fourth-order valence-corrected chi connectivity index (χ4v) is 1.66. The first-order valence-electron chi connectivity index (χ1n) is 5.79. The van der Waals surface area contributed by atoms with Crippen molar-refractivity contribution in [3.63, 3.8) is 0 Å². The summed E-state index contributed by atoms with van der Waals surface area (Å²) in [5.74, 6) is -0.931. The highest BCUT2D eigenvalue weighted by Gasteiger charge is 2.37. The maximum Gasteiger partial charge on any atom is 0.326 e. The Labute approximate surface area is 104 Å². The van der Waals surface area contributed by atoms with Crippen molar-refractivity contribution in [2.24, 2.45) is 5.92 Å². The van der Waals surface area contributed by atoms with Crippen molar-refractivity contribution in [2.75, 3.05) is 5.32 Å². The standard InChI is InChI=1S/C12H15N3O3/c1-7-2-5-9(6-13-7)14-12(18)15-10(11(16)17)8-3-4-8/h2,5-6,8,10H,3-4H2,1H3,(H,16,17)(H2,14,15,18). The smallest absolute Gasteiger partial charge is 0.326 e. The van der Waals surface area contributed by atoms with Gasteiger partial charge in [-0.2, -0.15) is 0 Å². The predicted octanol–water partition coefficient (Wildman–Crippen LogP) is 1.37. The maximum atomic E-state index is 11.6. The number of hydrogen-bond donors (Lipinski definition) is 3. The first-order valence-corrected chi connectivity index (χ1v) is 5.79. The van der Waals surface area contributed by atoms with Gasteiger partial charge < -0.3 is 15.7 Å². The average Bonchev–Trinajstić information content (AvgIpc) is 3.13. The fraction of sp³-hybridized carbons (Fsp3) is 0.417. The van der Waals surface area contributed by atoms with Gasteiger partial charge in [-0.1, -0.05) is 0 Å². The molecule has 1 saturated carbocycles. The van der Waals surface area contributed by atoms with Gasteiger partial charge in [-0.3, -0.25) is 4.98 Å². The summed E-state index contributed by atoms with van der Waals surface area (Å²) in [5.41, 5.74) is 1.39. The third-order valence-electron chi connectivity index (χ3n) is 2.82. The molecule has 2 amide bonds. The Bertz CT molecular complexity index is 454. The summed E-state index contributed by atoms with van der Waals surface area (Å²) in [6.45, 7) is 1.84. The van der Waals surface area contributed by atoms with E-state index in [1.54, 1.807) is 12.1 Å². The molecule has 1 atom stereocenters. The molecule has 1 aliphatic rings. The molecule has 6 nitrogen and oxygen atoms in total. The topological polar surface area (TPSA) is 91.3 Å². The van der Waals surface area contributed by atoms with E-state index in [0.717, 1.165) is 18.5 Å².